The number of nitrogens with zero attached hydrogens (tertiary/aromatic N) is 5. The molecule has 0 atom stereocenters. The van der Waals surface area contributed by atoms with Crippen molar-refractivity contribution in [2.45, 2.75) is 13.8 Å². The Hall–Kier alpha value is -3.22. The van der Waals surface area contributed by atoms with E-state index >= 15 is 0 Å². The Balaban J connectivity index is 1.49. The molecular formula is C20H21N5O2. The molecule has 2 aromatic heterocycles. The summed E-state index contributed by atoms with van der Waals surface area (Å²) in [6.07, 6.45) is 3.10. The van der Waals surface area contributed by atoms with Crippen LogP contribution in [0.15, 0.2) is 47.4 Å². The van der Waals surface area contributed by atoms with Crippen LogP contribution in [-0.4, -0.2) is 52.1 Å². The number of aryl methyl sites for hydroxylation is 1. The molecule has 0 radical (unpaired) electrons. The molecule has 1 aliphatic rings. The predicted octanol–water partition coefficient (Wildman–Crippen LogP) is 2.71. The number of amides is 1. The van der Waals surface area contributed by atoms with Gasteiger partial charge in [-0.05, 0) is 13.8 Å². The number of carbonyl (C=O) groups is 1. The fourth-order valence-corrected chi connectivity index (χ4v) is 3.33. The van der Waals surface area contributed by atoms with Crippen LogP contribution < -0.4 is 4.90 Å². The van der Waals surface area contributed by atoms with E-state index in [0.29, 0.717) is 24.4 Å². The lowest BCUT2D eigenvalue weighted by molar-refractivity contribution is 0.0747. The van der Waals surface area contributed by atoms with Crippen LogP contribution in [0.4, 0.5) is 5.82 Å². The third-order valence-electron chi connectivity index (χ3n) is 5.01. The van der Waals surface area contributed by atoms with Crippen LogP contribution in [0, 0.1) is 13.8 Å². The van der Waals surface area contributed by atoms with Crippen molar-refractivity contribution < 1.29 is 9.32 Å². The van der Waals surface area contributed by atoms with Crippen LogP contribution in [0.25, 0.3) is 11.3 Å². The normalized spacial score (nSPS) is 14.4. The molecule has 3 heterocycles. The first kappa shape index (κ1) is 17.2. The molecule has 0 N–H and O–H groups in total. The maximum Gasteiger partial charge on any atom is 0.259 e. The smallest absolute Gasteiger partial charge is 0.259 e. The molecule has 1 aliphatic heterocycles. The van der Waals surface area contributed by atoms with Crippen LogP contribution in [0.5, 0.6) is 0 Å². The summed E-state index contributed by atoms with van der Waals surface area (Å²) >= 11 is 0. The quantitative estimate of drug-likeness (QED) is 0.712. The molecule has 0 bridgehead atoms. The Kier molecular flexibility index (Phi) is 4.58. The second-order valence-electron chi connectivity index (χ2n) is 6.62. The lowest BCUT2D eigenvalue weighted by atomic mass is 10.1. The van der Waals surface area contributed by atoms with Gasteiger partial charge < -0.3 is 14.3 Å². The molecule has 7 heteroatoms. The van der Waals surface area contributed by atoms with Gasteiger partial charge in [-0.3, -0.25) is 4.79 Å². The zero-order chi connectivity index (χ0) is 18.8. The topological polar surface area (TPSA) is 75.4 Å². The number of hydrogen-bond acceptors (Lipinski definition) is 6. The Bertz CT molecular complexity index is 946. The molecule has 0 saturated carbocycles. The van der Waals surface area contributed by atoms with Crippen molar-refractivity contribution in [1.29, 1.82) is 0 Å². The monoisotopic (exact) mass is 363 g/mol. The number of benzene rings is 1. The van der Waals surface area contributed by atoms with Gasteiger partial charge in [-0.25, -0.2) is 9.97 Å². The van der Waals surface area contributed by atoms with Crippen molar-refractivity contribution in [3.63, 3.8) is 0 Å². The first-order valence-electron chi connectivity index (χ1n) is 8.97. The summed E-state index contributed by atoms with van der Waals surface area (Å²) in [6.45, 7) is 6.73. The second-order valence-corrected chi connectivity index (χ2v) is 6.62. The van der Waals surface area contributed by atoms with Gasteiger partial charge in [0.2, 0.25) is 0 Å². The van der Waals surface area contributed by atoms with E-state index in [-0.39, 0.29) is 5.91 Å². The molecule has 7 nitrogen and oxygen atoms in total. The Morgan fingerprint density at radius 1 is 1.04 bits per heavy atom. The molecule has 1 fully saturated rings. The summed E-state index contributed by atoms with van der Waals surface area (Å²) in [6, 6.07) is 9.58. The van der Waals surface area contributed by atoms with Gasteiger partial charge in [0.05, 0.1) is 6.20 Å². The van der Waals surface area contributed by atoms with E-state index in [0.717, 1.165) is 35.7 Å². The fourth-order valence-electron chi connectivity index (χ4n) is 3.33. The first-order valence-corrected chi connectivity index (χ1v) is 8.97. The fraction of sp³-hybridized carbons (Fsp3) is 0.300. The summed E-state index contributed by atoms with van der Waals surface area (Å²) in [5.41, 5.74) is 3.42. The van der Waals surface area contributed by atoms with Crippen molar-refractivity contribution in [2.75, 3.05) is 31.1 Å². The van der Waals surface area contributed by atoms with Crippen LogP contribution in [0.3, 0.4) is 0 Å². The summed E-state index contributed by atoms with van der Waals surface area (Å²) in [7, 11) is 0. The van der Waals surface area contributed by atoms with E-state index in [4.69, 9.17) is 4.52 Å². The van der Waals surface area contributed by atoms with Crippen molar-refractivity contribution in [2.24, 2.45) is 0 Å². The van der Waals surface area contributed by atoms with Crippen LogP contribution in [-0.2, 0) is 0 Å². The Labute approximate surface area is 157 Å². The number of hydrogen-bond donors (Lipinski definition) is 0. The van der Waals surface area contributed by atoms with E-state index in [2.05, 4.69) is 20.0 Å². The number of piperazine rings is 1. The third-order valence-corrected chi connectivity index (χ3v) is 5.01. The van der Waals surface area contributed by atoms with Gasteiger partial charge in [0, 0.05) is 43.0 Å². The molecule has 1 saturated heterocycles. The minimum Gasteiger partial charge on any atom is -0.355 e. The van der Waals surface area contributed by atoms with E-state index in [1.165, 1.54) is 6.20 Å². The third kappa shape index (κ3) is 3.28. The van der Waals surface area contributed by atoms with Crippen molar-refractivity contribution >= 4 is 11.7 Å². The molecule has 0 unspecified atom stereocenters. The number of aromatic nitrogens is 3. The van der Waals surface area contributed by atoms with Gasteiger partial charge in [0.1, 0.15) is 17.7 Å². The van der Waals surface area contributed by atoms with Gasteiger partial charge >= 0.3 is 0 Å². The van der Waals surface area contributed by atoms with Crippen LogP contribution in [0.1, 0.15) is 21.6 Å². The van der Waals surface area contributed by atoms with Gasteiger partial charge in [0.15, 0.2) is 5.76 Å². The summed E-state index contributed by atoms with van der Waals surface area (Å²) in [4.78, 5) is 25.7. The minimum absolute atomic E-state index is 0.0506. The van der Waals surface area contributed by atoms with Gasteiger partial charge in [-0.15, -0.1) is 0 Å². The lowest BCUT2D eigenvalue weighted by Gasteiger charge is -2.36. The van der Waals surface area contributed by atoms with Crippen LogP contribution in [0.2, 0.25) is 0 Å². The second kappa shape index (κ2) is 7.19. The molecule has 0 aliphatic carbocycles. The molecular weight excluding hydrogens is 342 g/mol. The number of rotatable bonds is 3. The molecule has 3 aromatic rings. The maximum absolute atomic E-state index is 13.0. The SMILES string of the molecule is Cc1ncnc(N2CCN(C(=O)c3cnoc3-c3ccccc3)CC2)c1C. The van der Waals surface area contributed by atoms with Crippen molar-refractivity contribution in [3.8, 4) is 11.3 Å². The standard InChI is InChI=1S/C20H21N5O2/c1-14-15(2)21-13-22-19(14)24-8-10-25(11-9-24)20(26)17-12-23-27-18(17)16-6-4-3-5-7-16/h3-7,12-13H,8-11H2,1-2H3. The highest BCUT2D eigenvalue weighted by molar-refractivity contribution is 5.99. The van der Waals surface area contributed by atoms with Crippen molar-refractivity contribution in [1.82, 2.24) is 20.0 Å². The zero-order valence-electron chi connectivity index (χ0n) is 15.4. The summed E-state index contributed by atoms with van der Waals surface area (Å²) in [5.74, 6) is 1.42. The van der Waals surface area contributed by atoms with E-state index in [1.807, 2.05) is 49.1 Å². The van der Waals surface area contributed by atoms with E-state index in [1.54, 1.807) is 6.33 Å². The highest BCUT2D eigenvalue weighted by Crippen LogP contribution is 2.25. The van der Waals surface area contributed by atoms with E-state index in [9.17, 15) is 4.79 Å². The van der Waals surface area contributed by atoms with Crippen LogP contribution >= 0.6 is 0 Å². The molecule has 0 spiro atoms. The van der Waals surface area contributed by atoms with E-state index < -0.39 is 0 Å². The minimum atomic E-state index is -0.0506. The Morgan fingerprint density at radius 3 is 2.52 bits per heavy atom. The van der Waals surface area contributed by atoms with Gasteiger partial charge in [-0.2, -0.15) is 0 Å². The average Bonchev–Trinajstić information content (AvgIpc) is 3.20. The highest BCUT2D eigenvalue weighted by atomic mass is 16.5. The zero-order valence-corrected chi connectivity index (χ0v) is 15.4. The summed E-state index contributed by atoms with van der Waals surface area (Å²) < 4.78 is 5.36. The number of anilines is 1. The molecule has 27 heavy (non-hydrogen) atoms. The molecule has 1 amide bonds. The highest BCUT2D eigenvalue weighted by Gasteiger charge is 2.27. The average molecular weight is 363 g/mol. The molecule has 1 aromatic carbocycles. The predicted molar refractivity (Wildman–Crippen MR) is 102 cm³/mol. The number of carbonyl (C=O) groups excluding carboxylic acids is 1. The molecule has 4 rings (SSSR count). The summed E-state index contributed by atoms with van der Waals surface area (Å²) in [5, 5.41) is 3.85. The molecule has 138 valence electrons. The maximum atomic E-state index is 13.0. The van der Waals surface area contributed by atoms with Crippen molar-refractivity contribution in [3.05, 3.63) is 59.7 Å². The van der Waals surface area contributed by atoms with Gasteiger partial charge in [-0.1, -0.05) is 35.5 Å². The first-order chi connectivity index (χ1) is 13.1. The van der Waals surface area contributed by atoms with Gasteiger partial charge in [0.25, 0.3) is 5.91 Å². The Morgan fingerprint density at radius 2 is 1.78 bits per heavy atom. The lowest BCUT2D eigenvalue weighted by Crippen LogP contribution is -2.49. The largest absolute Gasteiger partial charge is 0.355 e.